The van der Waals surface area contributed by atoms with Crippen molar-refractivity contribution >= 4 is 15.7 Å². The van der Waals surface area contributed by atoms with Crippen molar-refractivity contribution in [2.75, 3.05) is 4.72 Å². The lowest BCUT2D eigenvalue weighted by Gasteiger charge is -2.09. The Bertz CT molecular complexity index is 828. The SMILES string of the molecule is N#Cc1ccc(NS(=O)(=O)Cc2ccccc2C#N)cc1. The molecule has 0 amide bonds. The van der Waals surface area contributed by atoms with Gasteiger partial charge in [-0.2, -0.15) is 10.5 Å². The van der Waals surface area contributed by atoms with Gasteiger partial charge in [-0.05, 0) is 35.9 Å². The van der Waals surface area contributed by atoms with Crippen LogP contribution in [0.3, 0.4) is 0 Å². The largest absolute Gasteiger partial charge is 0.283 e. The van der Waals surface area contributed by atoms with E-state index in [1.54, 1.807) is 24.3 Å². The number of sulfonamides is 1. The number of hydrogen-bond donors (Lipinski definition) is 1. The first-order valence-corrected chi connectivity index (χ1v) is 7.68. The second-order valence-corrected chi connectivity index (χ2v) is 6.04. The molecular formula is C15H11N3O2S. The van der Waals surface area contributed by atoms with Gasteiger partial charge >= 0.3 is 0 Å². The van der Waals surface area contributed by atoms with E-state index in [4.69, 9.17) is 10.5 Å². The van der Waals surface area contributed by atoms with E-state index in [2.05, 4.69) is 4.72 Å². The molecule has 6 heteroatoms. The highest BCUT2D eigenvalue weighted by Crippen LogP contribution is 2.15. The predicted molar refractivity (Wildman–Crippen MR) is 78.6 cm³/mol. The van der Waals surface area contributed by atoms with Crippen LogP contribution in [0.4, 0.5) is 5.69 Å². The number of nitriles is 2. The van der Waals surface area contributed by atoms with Crippen LogP contribution in [-0.2, 0) is 15.8 Å². The molecule has 0 aliphatic rings. The summed E-state index contributed by atoms with van der Waals surface area (Å²) in [5.41, 5.74) is 1.61. The van der Waals surface area contributed by atoms with E-state index in [1.807, 2.05) is 12.1 Å². The van der Waals surface area contributed by atoms with Gasteiger partial charge < -0.3 is 0 Å². The molecule has 104 valence electrons. The fourth-order valence-corrected chi connectivity index (χ4v) is 3.02. The first-order chi connectivity index (χ1) is 10.0. The van der Waals surface area contributed by atoms with E-state index in [0.29, 0.717) is 22.4 Å². The summed E-state index contributed by atoms with van der Waals surface area (Å²) < 4.78 is 26.6. The van der Waals surface area contributed by atoms with E-state index in [1.165, 1.54) is 24.3 Å². The van der Waals surface area contributed by atoms with Gasteiger partial charge in [0, 0.05) is 5.69 Å². The number of hydrogen-bond acceptors (Lipinski definition) is 4. The minimum atomic E-state index is -3.62. The number of nitrogens with one attached hydrogen (secondary N) is 1. The van der Waals surface area contributed by atoms with Crippen molar-refractivity contribution < 1.29 is 8.42 Å². The summed E-state index contributed by atoms with van der Waals surface area (Å²) in [5.74, 6) is -0.281. The summed E-state index contributed by atoms with van der Waals surface area (Å²) in [6.45, 7) is 0. The van der Waals surface area contributed by atoms with Crippen molar-refractivity contribution in [3.05, 3.63) is 65.2 Å². The molecule has 5 nitrogen and oxygen atoms in total. The summed E-state index contributed by atoms with van der Waals surface area (Å²) in [7, 11) is -3.62. The smallest absolute Gasteiger partial charge is 0.236 e. The molecule has 0 heterocycles. The van der Waals surface area contributed by atoms with E-state index >= 15 is 0 Å². The van der Waals surface area contributed by atoms with Crippen LogP contribution in [0.2, 0.25) is 0 Å². The lowest BCUT2D eigenvalue weighted by atomic mass is 10.1. The maximum absolute atomic E-state index is 12.1. The number of nitrogens with zero attached hydrogens (tertiary/aromatic N) is 2. The highest BCUT2D eigenvalue weighted by molar-refractivity contribution is 7.91. The molecule has 2 aromatic carbocycles. The summed E-state index contributed by atoms with van der Waals surface area (Å²) in [6, 6.07) is 16.6. The fraction of sp³-hybridized carbons (Fsp3) is 0.0667. The van der Waals surface area contributed by atoms with Crippen LogP contribution < -0.4 is 4.72 Å². The van der Waals surface area contributed by atoms with Crippen LogP contribution in [0, 0.1) is 22.7 Å². The summed E-state index contributed by atoms with van der Waals surface area (Å²) in [4.78, 5) is 0. The van der Waals surface area contributed by atoms with Crippen molar-refractivity contribution in [3.8, 4) is 12.1 Å². The Morgan fingerprint density at radius 2 is 1.62 bits per heavy atom. The van der Waals surface area contributed by atoms with Gasteiger partial charge in [0.25, 0.3) is 0 Å². The van der Waals surface area contributed by atoms with Crippen LogP contribution in [0.1, 0.15) is 16.7 Å². The zero-order chi connectivity index (χ0) is 15.3. The molecule has 0 saturated heterocycles. The van der Waals surface area contributed by atoms with E-state index < -0.39 is 10.0 Å². The lowest BCUT2D eigenvalue weighted by Crippen LogP contribution is -2.15. The molecule has 2 aromatic rings. The number of rotatable bonds is 4. The zero-order valence-corrected chi connectivity index (χ0v) is 11.8. The number of anilines is 1. The Balaban J connectivity index is 2.19. The standard InChI is InChI=1S/C15H11N3O2S/c16-9-12-5-7-15(8-6-12)18-21(19,20)11-14-4-2-1-3-13(14)10-17/h1-8,18H,11H2. The molecule has 0 fully saturated rings. The minimum absolute atomic E-state index is 0.281. The molecule has 0 bridgehead atoms. The fourth-order valence-electron chi connectivity index (χ4n) is 1.79. The molecule has 0 atom stereocenters. The molecule has 0 saturated carbocycles. The van der Waals surface area contributed by atoms with Crippen LogP contribution >= 0.6 is 0 Å². The minimum Gasteiger partial charge on any atom is -0.283 e. The van der Waals surface area contributed by atoms with Gasteiger partial charge in [-0.15, -0.1) is 0 Å². The second kappa shape index (κ2) is 6.08. The predicted octanol–water partition coefficient (Wildman–Crippen LogP) is 2.37. The molecule has 0 aromatic heterocycles. The first kappa shape index (κ1) is 14.6. The van der Waals surface area contributed by atoms with Crippen LogP contribution in [0.15, 0.2) is 48.5 Å². The molecule has 1 N–H and O–H groups in total. The average molecular weight is 297 g/mol. The molecule has 0 aliphatic heterocycles. The van der Waals surface area contributed by atoms with E-state index in [-0.39, 0.29) is 5.75 Å². The Kier molecular flexibility index (Phi) is 4.22. The third kappa shape index (κ3) is 3.82. The van der Waals surface area contributed by atoms with Crippen molar-refractivity contribution in [1.29, 1.82) is 10.5 Å². The summed E-state index contributed by atoms with van der Waals surface area (Å²) in [5, 5.41) is 17.7. The first-order valence-electron chi connectivity index (χ1n) is 6.03. The van der Waals surface area contributed by atoms with Gasteiger partial charge in [-0.1, -0.05) is 18.2 Å². The van der Waals surface area contributed by atoms with Crippen molar-refractivity contribution in [3.63, 3.8) is 0 Å². The Labute approximate surface area is 123 Å². The molecule has 21 heavy (non-hydrogen) atoms. The summed E-state index contributed by atoms with van der Waals surface area (Å²) in [6.07, 6.45) is 0. The second-order valence-electron chi connectivity index (χ2n) is 4.32. The Hall–Kier alpha value is -2.83. The molecule has 0 unspecified atom stereocenters. The van der Waals surface area contributed by atoms with Gasteiger partial charge in [0.1, 0.15) is 0 Å². The molecular weight excluding hydrogens is 286 g/mol. The molecule has 0 radical (unpaired) electrons. The highest BCUT2D eigenvalue weighted by atomic mass is 32.2. The highest BCUT2D eigenvalue weighted by Gasteiger charge is 2.14. The van der Waals surface area contributed by atoms with Crippen LogP contribution in [0.5, 0.6) is 0 Å². The van der Waals surface area contributed by atoms with Gasteiger partial charge in [0.05, 0.1) is 29.0 Å². The normalized spacial score (nSPS) is 10.4. The van der Waals surface area contributed by atoms with E-state index in [9.17, 15) is 8.42 Å². The average Bonchev–Trinajstić information content (AvgIpc) is 2.47. The summed E-state index contributed by atoms with van der Waals surface area (Å²) >= 11 is 0. The van der Waals surface area contributed by atoms with Crippen molar-refractivity contribution in [1.82, 2.24) is 0 Å². The lowest BCUT2D eigenvalue weighted by molar-refractivity contribution is 0.600. The quantitative estimate of drug-likeness (QED) is 0.937. The third-order valence-corrected chi connectivity index (χ3v) is 4.01. The molecule has 2 rings (SSSR count). The van der Waals surface area contributed by atoms with Crippen LogP contribution in [-0.4, -0.2) is 8.42 Å². The van der Waals surface area contributed by atoms with Gasteiger partial charge in [0.15, 0.2) is 0 Å². The maximum Gasteiger partial charge on any atom is 0.236 e. The zero-order valence-electron chi connectivity index (χ0n) is 10.9. The third-order valence-electron chi connectivity index (χ3n) is 2.77. The van der Waals surface area contributed by atoms with Gasteiger partial charge in [-0.3, -0.25) is 4.72 Å². The van der Waals surface area contributed by atoms with Gasteiger partial charge in [0.2, 0.25) is 10.0 Å². The molecule has 0 spiro atoms. The Morgan fingerprint density at radius 1 is 0.952 bits per heavy atom. The van der Waals surface area contributed by atoms with E-state index in [0.717, 1.165) is 0 Å². The maximum atomic E-state index is 12.1. The van der Waals surface area contributed by atoms with Crippen molar-refractivity contribution in [2.45, 2.75) is 5.75 Å². The van der Waals surface area contributed by atoms with Gasteiger partial charge in [-0.25, -0.2) is 8.42 Å². The Morgan fingerprint density at radius 3 is 2.24 bits per heavy atom. The topological polar surface area (TPSA) is 93.8 Å². The van der Waals surface area contributed by atoms with Crippen LogP contribution in [0.25, 0.3) is 0 Å². The monoisotopic (exact) mass is 297 g/mol. The molecule has 0 aliphatic carbocycles. The number of benzene rings is 2. The van der Waals surface area contributed by atoms with Crippen molar-refractivity contribution in [2.24, 2.45) is 0 Å².